The number of hydrogen-bond acceptors (Lipinski definition) is 4. The number of nitrogens with two attached hydrogens (primary N) is 1. The molecule has 0 fully saturated rings. The third-order valence-corrected chi connectivity index (χ3v) is 4.53. The highest BCUT2D eigenvalue weighted by molar-refractivity contribution is 5.77. The van der Waals surface area contributed by atoms with E-state index in [1.54, 1.807) is 14.2 Å². The van der Waals surface area contributed by atoms with E-state index in [-0.39, 0.29) is 23.8 Å². The quantitative estimate of drug-likeness (QED) is 0.762. The second-order valence-corrected chi connectivity index (χ2v) is 6.95. The molecule has 140 valence electrons. The lowest BCUT2D eigenvalue weighted by molar-refractivity contribution is -0.121. The van der Waals surface area contributed by atoms with Gasteiger partial charge in [0.05, 0.1) is 14.2 Å². The van der Waals surface area contributed by atoms with Crippen molar-refractivity contribution in [3.63, 3.8) is 0 Å². The molecule has 5 heteroatoms. The Bertz CT molecular complexity index is 729. The summed E-state index contributed by atoms with van der Waals surface area (Å²) in [6.07, 6.45) is 0.256. The SMILES string of the molecule is COc1ccc(C(C)(C)CNC(=O)CC(N)c2ccccc2)cc1OC. The van der Waals surface area contributed by atoms with Crippen LogP contribution in [-0.2, 0) is 10.2 Å². The van der Waals surface area contributed by atoms with Crippen LogP contribution in [0.5, 0.6) is 11.5 Å². The van der Waals surface area contributed by atoms with E-state index in [1.807, 2.05) is 48.5 Å². The number of hydrogen-bond donors (Lipinski definition) is 2. The minimum atomic E-state index is -0.305. The van der Waals surface area contributed by atoms with E-state index in [2.05, 4.69) is 19.2 Å². The molecule has 0 saturated heterocycles. The lowest BCUT2D eigenvalue weighted by atomic mass is 9.84. The van der Waals surface area contributed by atoms with Crippen LogP contribution in [0.25, 0.3) is 0 Å². The van der Waals surface area contributed by atoms with Crippen molar-refractivity contribution in [1.82, 2.24) is 5.32 Å². The van der Waals surface area contributed by atoms with Gasteiger partial charge < -0.3 is 20.5 Å². The van der Waals surface area contributed by atoms with Crippen molar-refractivity contribution < 1.29 is 14.3 Å². The number of methoxy groups -OCH3 is 2. The molecule has 0 spiro atoms. The first kappa shape index (κ1) is 19.8. The molecule has 1 amide bonds. The Morgan fingerprint density at radius 1 is 1.08 bits per heavy atom. The number of carbonyl (C=O) groups is 1. The maximum atomic E-state index is 12.3. The maximum Gasteiger partial charge on any atom is 0.221 e. The molecule has 0 radical (unpaired) electrons. The molecule has 5 nitrogen and oxygen atoms in total. The molecule has 0 heterocycles. The molecule has 26 heavy (non-hydrogen) atoms. The second-order valence-electron chi connectivity index (χ2n) is 6.95. The van der Waals surface area contributed by atoms with Crippen molar-refractivity contribution in [2.45, 2.75) is 31.7 Å². The van der Waals surface area contributed by atoms with Crippen LogP contribution in [0.15, 0.2) is 48.5 Å². The lowest BCUT2D eigenvalue weighted by Crippen LogP contribution is -2.37. The standard InChI is InChI=1S/C21H28N2O3/c1-21(2,16-10-11-18(25-3)19(12-16)26-4)14-23-20(24)13-17(22)15-8-6-5-7-9-15/h5-12,17H,13-14,22H2,1-4H3,(H,23,24). The summed E-state index contributed by atoms with van der Waals surface area (Å²) in [5.74, 6) is 1.30. The summed E-state index contributed by atoms with van der Waals surface area (Å²) < 4.78 is 10.6. The van der Waals surface area contributed by atoms with Crippen LogP contribution in [0.2, 0.25) is 0 Å². The van der Waals surface area contributed by atoms with Gasteiger partial charge in [-0.2, -0.15) is 0 Å². The summed E-state index contributed by atoms with van der Waals surface area (Å²) in [6, 6.07) is 15.2. The predicted molar refractivity (Wildman–Crippen MR) is 104 cm³/mol. The highest BCUT2D eigenvalue weighted by Gasteiger charge is 2.23. The number of benzene rings is 2. The van der Waals surface area contributed by atoms with Gasteiger partial charge in [-0.3, -0.25) is 4.79 Å². The number of nitrogens with one attached hydrogen (secondary N) is 1. The predicted octanol–water partition coefficient (Wildman–Crippen LogP) is 3.19. The Balaban J connectivity index is 1.97. The molecule has 3 N–H and O–H groups in total. The molecule has 0 aliphatic carbocycles. The van der Waals surface area contributed by atoms with Crippen LogP contribution in [0.3, 0.4) is 0 Å². The van der Waals surface area contributed by atoms with Crippen molar-refractivity contribution in [1.29, 1.82) is 0 Å². The van der Waals surface area contributed by atoms with E-state index in [4.69, 9.17) is 15.2 Å². The lowest BCUT2D eigenvalue weighted by Gasteiger charge is -2.27. The van der Waals surface area contributed by atoms with Crippen molar-refractivity contribution >= 4 is 5.91 Å². The van der Waals surface area contributed by atoms with Crippen molar-refractivity contribution in [2.24, 2.45) is 5.73 Å². The summed E-state index contributed by atoms with van der Waals surface area (Å²) >= 11 is 0. The fourth-order valence-corrected chi connectivity index (χ4v) is 2.77. The molecule has 0 aliphatic heterocycles. The van der Waals surface area contributed by atoms with Gasteiger partial charge in [0.25, 0.3) is 0 Å². The van der Waals surface area contributed by atoms with E-state index in [0.717, 1.165) is 11.1 Å². The van der Waals surface area contributed by atoms with Crippen molar-refractivity contribution in [3.05, 3.63) is 59.7 Å². The summed E-state index contributed by atoms with van der Waals surface area (Å²) in [5, 5.41) is 3.00. The van der Waals surface area contributed by atoms with Crippen LogP contribution >= 0.6 is 0 Å². The molecule has 0 aliphatic rings. The van der Waals surface area contributed by atoms with Gasteiger partial charge in [-0.15, -0.1) is 0 Å². The summed E-state index contributed by atoms with van der Waals surface area (Å²) in [6.45, 7) is 4.65. The zero-order valence-corrected chi connectivity index (χ0v) is 15.9. The fraction of sp³-hybridized carbons (Fsp3) is 0.381. The Kier molecular flexibility index (Phi) is 6.64. The van der Waals surface area contributed by atoms with Gasteiger partial charge in [0.2, 0.25) is 5.91 Å². The van der Waals surface area contributed by atoms with Crippen LogP contribution < -0.4 is 20.5 Å². The van der Waals surface area contributed by atoms with Gasteiger partial charge in [-0.25, -0.2) is 0 Å². The normalized spacial score (nSPS) is 12.3. The zero-order chi connectivity index (χ0) is 19.2. The molecule has 0 saturated carbocycles. The van der Waals surface area contributed by atoms with E-state index in [1.165, 1.54) is 0 Å². The average molecular weight is 356 g/mol. The second kappa shape index (κ2) is 8.72. The first-order chi connectivity index (χ1) is 12.4. The largest absolute Gasteiger partial charge is 0.493 e. The Morgan fingerprint density at radius 3 is 2.35 bits per heavy atom. The molecule has 0 aromatic heterocycles. The van der Waals surface area contributed by atoms with Crippen molar-refractivity contribution in [3.8, 4) is 11.5 Å². The molecule has 1 unspecified atom stereocenters. The molecule has 1 atom stereocenters. The summed E-state index contributed by atoms with van der Waals surface area (Å²) in [7, 11) is 3.22. The summed E-state index contributed by atoms with van der Waals surface area (Å²) in [4.78, 5) is 12.3. The smallest absolute Gasteiger partial charge is 0.221 e. The number of carbonyl (C=O) groups excluding carboxylic acids is 1. The molecular formula is C21H28N2O3. The van der Waals surface area contributed by atoms with E-state index in [0.29, 0.717) is 18.0 Å². The monoisotopic (exact) mass is 356 g/mol. The number of rotatable bonds is 8. The minimum Gasteiger partial charge on any atom is -0.493 e. The zero-order valence-electron chi connectivity index (χ0n) is 15.9. The van der Waals surface area contributed by atoms with Crippen LogP contribution in [-0.4, -0.2) is 26.7 Å². The van der Waals surface area contributed by atoms with Gasteiger partial charge in [0, 0.05) is 24.4 Å². The Morgan fingerprint density at radius 2 is 1.73 bits per heavy atom. The first-order valence-corrected chi connectivity index (χ1v) is 8.67. The Hall–Kier alpha value is -2.53. The number of ether oxygens (including phenoxy) is 2. The fourth-order valence-electron chi connectivity index (χ4n) is 2.77. The van der Waals surface area contributed by atoms with Gasteiger partial charge >= 0.3 is 0 Å². The van der Waals surface area contributed by atoms with Crippen LogP contribution in [0.4, 0.5) is 0 Å². The average Bonchev–Trinajstić information content (AvgIpc) is 2.66. The van der Waals surface area contributed by atoms with Gasteiger partial charge in [-0.05, 0) is 23.3 Å². The minimum absolute atomic E-state index is 0.0603. The third-order valence-electron chi connectivity index (χ3n) is 4.53. The number of amides is 1. The molecular weight excluding hydrogens is 328 g/mol. The van der Waals surface area contributed by atoms with E-state index < -0.39 is 0 Å². The Labute approximate surface area is 155 Å². The molecule has 2 rings (SSSR count). The maximum absolute atomic E-state index is 12.3. The van der Waals surface area contributed by atoms with Gasteiger partial charge in [0.1, 0.15) is 0 Å². The highest BCUT2D eigenvalue weighted by Crippen LogP contribution is 2.32. The molecule has 0 bridgehead atoms. The molecule has 2 aromatic carbocycles. The van der Waals surface area contributed by atoms with Crippen molar-refractivity contribution in [2.75, 3.05) is 20.8 Å². The van der Waals surface area contributed by atoms with E-state index >= 15 is 0 Å². The van der Waals surface area contributed by atoms with Gasteiger partial charge in [-0.1, -0.05) is 50.2 Å². The van der Waals surface area contributed by atoms with Crippen LogP contribution in [0.1, 0.15) is 37.4 Å². The topological polar surface area (TPSA) is 73.6 Å². The third kappa shape index (κ3) is 4.99. The molecule has 2 aromatic rings. The highest BCUT2D eigenvalue weighted by atomic mass is 16.5. The summed E-state index contributed by atoms with van der Waals surface area (Å²) in [5.41, 5.74) is 7.89. The van der Waals surface area contributed by atoms with E-state index in [9.17, 15) is 4.79 Å². The first-order valence-electron chi connectivity index (χ1n) is 8.67. The van der Waals surface area contributed by atoms with Gasteiger partial charge in [0.15, 0.2) is 11.5 Å². The van der Waals surface area contributed by atoms with Crippen LogP contribution in [0, 0.1) is 0 Å².